The number of carbonyl (C=O) groups is 1. The van der Waals surface area contributed by atoms with Crippen molar-refractivity contribution in [3.63, 3.8) is 0 Å². The molecule has 1 N–H and O–H groups in total. The van der Waals surface area contributed by atoms with E-state index in [0.29, 0.717) is 0 Å². The van der Waals surface area contributed by atoms with E-state index in [0.717, 1.165) is 16.8 Å². The number of amides is 1. The molecule has 1 aromatic heterocycles. The van der Waals surface area contributed by atoms with Gasteiger partial charge in [-0.25, -0.2) is 4.39 Å². The molecule has 0 aliphatic rings. The van der Waals surface area contributed by atoms with Crippen LogP contribution in [0.4, 0.5) is 14.9 Å². The molecule has 0 aromatic carbocycles. The Kier molecular flexibility index (Phi) is 2.67. The normalized spacial score (nSPS) is 9.77. The van der Waals surface area contributed by atoms with Gasteiger partial charge in [0.15, 0.2) is 5.82 Å². The standard InChI is InChI=1S/C7H6ClFN2O2/c1-11-3-4(9)5(2-6(11)12)10-7(8)13/h2-3H,1H3,(H,10,13). The molecule has 1 amide bonds. The molecule has 0 saturated carbocycles. The monoisotopic (exact) mass is 204 g/mol. The van der Waals surface area contributed by atoms with Crippen molar-refractivity contribution in [2.24, 2.45) is 7.05 Å². The fourth-order valence-corrected chi connectivity index (χ4v) is 0.901. The number of anilines is 1. The van der Waals surface area contributed by atoms with Gasteiger partial charge in [0.1, 0.15) is 0 Å². The molecule has 1 heterocycles. The largest absolute Gasteiger partial charge is 0.318 e. The molecule has 0 saturated heterocycles. The lowest BCUT2D eigenvalue weighted by Crippen LogP contribution is -2.18. The van der Waals surface area contributed by atoms with E-state index in [-0.39, 0.29) is 5.69 Å². The van der Waals surface area contributed by atoms with Crippen LogP contribution in [0.15, 0.2) is 17.1 Å². The summed E-state index contributed by atoms with van der Waals surface area (Å²) in [6.45, 7) is 0. The first-order chi connectivity index (χ1) is 6.00. The first-order valence-electron chi connectivity index (χ1n) is 3.33. The average molecular weight is 205 g/mol. The van der Waals surface area contributed by atoms with Gasteiger partial charge in [0, 0.05) is 19.3 Å². The second-order valence-electron chi connectivity index (χ2n) is 2.38. The van der Waals surface area contributed by atoms with Gasteiger partial charge in [0.2, 0.25) is 0 Å². The minimum absolute atomic E-state index is 0.219. The lowest BCUT2D eigenvalue weighted by atomic mass is 10.4. The van der Waals surface area contributed by atoms with Crippen LogP contribution in [0.25, 0.3) is 0 Å². The van der Waals surface area contributed by atoms with Crippen molar-refractivity contribution in [1.82, 2.24) is 4.57 Å². The summed E-state index contributed by atoms with van der Waals surface area (Å²) >= 11 is 4.95. The number of nitrogens with one attached hydrogen (secondary N) is 1. The Morgan fingerprint density at radius 3 is 2.85 bits per heavy atom. The maximum absolute atomic E-state index is 13.0. The Morgan fingerprint density at radius 1 is 1.69 bits per heavy atom. The summed E-state index contributed by atoms with van der Waals surface area (Å²) in [7, 11) is 1.40. The fourth-order valence-electron chi connectivity index (χ4n) is 0.799. The topological polar surface area (TPSA) is 51.1 Å². The van der Waals surface area contributed by atoms with Gasteiger partial charge in [-0.2, -0.15) is 0 Å². The Morgan fingerprint density at radius 2 is 2.31 bits per heavy atom. The van der Waals surface area contributed by atoms with Crippen molar-refractivity contribution in [2.45, 2.75) is 0 Å². The molecule has 0 radical (unpaired) electrons. The molecule has 13 heavy (non-hydrogen) atoms. The van der Waals surface area contributed by atoms with Gasteiger partial charge in [-0.05, 0) is 11.6 Å². The molecule has 0 unspecified atom stereocenters. The molecule has 0 aliphatic carbocycles. The zero-order chi connectivity index (χ0) is 10.0. The molecule has 1 rings (SSSR count). The molecule has 0 spiro atoms. The van der Waals surface area contributed by atoms with E-state index in [4.69, 9.17) is 11.6 Å². The van der Waals surface area contributed by atoms with Gasteiger partial charge >= 0.3 is 5.37 Å². The highest BCUT2D eigenvalue weighted by atomic mass is 35.5. The zero-order valence-corrected chi connectivity index (χ0v) is 7.43. The van der Waals surface area contributed by atoms with Gasteiger partial charge in [-0.15, -0.1) is 0 Å². The lowest BCUT2D eigenvalue weighted by molar-refractivity contribution is 0.269. The predicted octanol–water partition coefficient (Wildman–Crippen LogP) is 1.30. The van der Waals surface area contributed by atoms with E-state index in [9.17, 15) is 14.0 Å². The Balaban J connectivity index is 3.16. The minimum Gasteiger partial charge on any atom is -0.316 e. The number of hydrogen-bond donors (Lipinski definition) is 1. The van der Waals surface area contributed by atoms with E-state index in [1.807, 2.05) is 5.32 Å². The van der Waals surface area contributed by atoms with Crippen LogP contribution in [-0.2, 0) is 7.05 Å². The van der Waals surface area contributed by atoms with Gasteiger partial charge < -0.3 is 9.88 Å². The lowest BCUT2D eigenvalue weighted by Gasteiger charge is -2.03. The van der Waals surface area contributed by atoms with E-state index in [1.165, 1.54) is 7.05 Å². The summed E-state index contributed by atoms with van der Waals surface area (Å²) in [5.41, 5.74) is -0.648. The molecule has 0 atom stereocenters. The molecule has 0 aliphatic heterocycles. The first kappa shape index (κ1) is 9.73. The number of aromatic nitrogens is 1. The fraction of sp³-hybridized carbons (Fsp3) is 0.143. The molecule has 0 fully saturated rings. The van der Waals surface area contributed by atoms with Crippen molar-refractivity contribution >= 4 is 22.7 Å². The number of rotatable bonds is 1. The van der Waals surface area contributed by atoms with Gasteiger partial charge in [-0.1, -0.05) is 0 Å². The summed E-state index contributed by atoms with van der Waals surface area (Å²) in [6, 6.07) is 0.954. The molecule has 1 aromatic rings. The maximum atomic E-state index is 13.0. The maximum Gasteiger partial charge on any atom is 0.318 e. The highest BCUT2D eigenvalue weighted by Crippen LogP contribution is 2.10. The van der Waals surface area contributed by atoms with Crippen LogP contribution in [0.5, 0.6) is 0 Å². The summed E-state index contributed by atoms with van der Waals surface area (Å²) in [6.07, 6.45) is 0.963. The van der Waals surface area contributed by atoms with Crippen LogP contribution < -0.4 is 10.9 Å². The third kappa shape index (κ3) is 2.29. The molecule has 6 heteroatoms. The molecule has 70 valence electrons. The number of pyridine rings is 1. The zero-order valence-electron chi connectivity index (χ0n) is 6.67. The molecular weight excluding hydrogens is 199 g/mol. The summed E-state index contributed by atoms with van der Waals surface area (Å²) < 4.78 is 14.0. The van der Waals surface area contributed by atoms with E-state index in [1.54, 1.807) is 0 Å². The summed E-state index contributed by atoms with van der Waals surface area (Å²) in [5.74, 6) is -0.712. The smallest absolute Gasteiger partial charge is 0.316 e. The first-order valence-corrected chi connectivity index (χ1v) is 3.71. The highest BCUT2D eigenvalue weighted by Gasteiger charge is 2.06. The van der Waals surface area contributed by atoms with Crippen molar-refractivity contribution < 1.29 is 9.18 Å². The Labute approximate surface area is 77.9 Å². The van der Waals surface area contributed by atoms with E-state index < -0.39 is 16.7 Å². The third-order valence-electron chi connectivity index (χ3n) is 1.41. The second-order valence-corrected chi connectivity index (χ2v) is 2.73. The van der Waals surface area contributed by atoms with Crippen LogP contribution in [0.1, 0.15) is 0 Å². The van der Waals surface area contributed by atoms with Gasteiger partial charge in [0.05, 0.1) is 5.69 Å². The van der Waals surface area contributed by atoms with Crippen molar-refractivity contribution in [3.05, 3.63) is 28.4 Å². The number of nitrogens with zero attached hydrogens (tertiary/aromatic N) is 1. The van der Waals surface area contributed by atoms with E-state index >= 15 is 0 Å². The van der Waals surface area contributed by atoms with Crippen molar-refractivity contribution in [2.75, 3.05) is 5.32 Å². The van der Waals surface area contributed by atoms with Crippen LogP contribution >= 0.6 is 11.6 Å². The number of hydrogen-bond acceptors (Lipinski definition) is 2. The Hall–Kier alpha value is -1.36. The molecule has 0 bridgehead atoms. The predicted molar refractivity (Wildman–Crippen MR) is 46.5 cm³/mol. The quantitative estimate of drug-likeness (QED) is 0.554. The van der Waals surface area contributed by atoms with Crippen LogP contribution in [-0.4, -0.2) is 9.93 Å². The van der Waals surface area contributed by atoms with Crippen LogP contribution in [0.3, 0.4) is 0 Å². The van der Waals surface area contributed by atoms with Gasteiger partial charge in [-0.3, -0.25) is 9.59 Å². The number of halogens is 2. The summed E-state index contributed by atoms with van der Waals surface area (Å²) in [5, 5.41) is 1.04. The second kappa shape index (κ2) is 3.57. The highest BCUT2D eigenvalue weighted by molar-refractivity contribution is 6.65. The number of aryl methyl sites for hydroxylation is 1. The molecule has 4 nitrogen and oxygen atoms in total. The Bertz CT molecular complexity index is 402. The minimum atomic E-state index is -0.938. The van der Waals surface area contributed by atoms with Gasteiger partial charge in [0.25, 0.3) is 5.56 Å². The van der Waals surface area contributed by atoms with Crippen LogP contribution in [0, 0.1) is 5.82 Å². The SMILES string of the molecule is Cn1cc(F)c(NC(=O)Cl)cc1=O. The van der Waals surface area contributed by atoms with E-state index in [2.05, 4.69) is 0 Å². The van der Waals surface area contributed by atoms with Crippen LogP contribution in [0.2, 0.25) is 0 Å². The average Bonchev–Trinajstić information content (AvgIpc) is 1.99. The number of carbonyl (C=O) groups excluding carboxylic acids is 1. The molecular formula is C7H6ClFN2O2. The summed E-state index contributed by atoms with van der Waals surface area (Å²) in [4.78, 5) is 21.3. The van der Waals surface area contributed by atoms with Crippen molar-refractivity contribution in [3.8, 4) is 0 Å². The van der Waals surface area contributed by atoms with Crippen molar-refractivity contribution in [1.29, 1.82) is 0 Å². The third-order valence-corrected chi connectivity index (χ3v) is 1.51.